The van der Waals surface area contributed by atoms with Crippen molar-refractivity contribution in [3.05, 3.63) is 56.5 Å². The average Bonchev–Trinajstić information content (AvgIpc) is 2.90. The molecule has 2 N–H and O–H groups in total. The number of hydrogen-bond acceptors (Lipinski definition) is 5. The Hall–Kier alpha value is -2.74. The van der Waals surface area contributed by atoms with Crippen LogP contribution in [0.15, 0.2) is 30.3 Å². The van der Waals surface area contributed by atoms with Gasteiger partial charge in [0.25, 0.3) is 5.91 Å². The number of nitrogens with zero attached hydrogens (tertiary/aromatic N) is 1. The van der Waals surface area contributed by atoms with Gasteiger partial charge in [0.1, 0.15) is 0 Å². The molecule has 21 heavy (non-hydrogen) atoms. The Balaban J connectivity index is 2.27. The fraction of sp³-hybridized carbons (Fsp3) is 0.0769. The summed E-state index contributed by atoms with van der Waals surface area (Å²) in [4.78, 5) is 33.3. The Morgan fingerprint density at radius 1 is 1.29 bits per heavy atom. The maximum atomic E-state index is 12.0. The molecular formula is C13H10N2O5S. The van der Waals surface area contributed by atoms with Gasteiger partial charge in [-0.15, -0.1) is 0 Å². The van der Waals surface area contributed by atoms with E-state index in [0.717, 1.165) is 16.9 Å². The lowest BCUT2D eigenvalue weighted by Gasteiger charge is -2.08. The molecule has 1 heterocycles. The number of carboxylic acids is 1. The zero-order valence-corrected chi connectivity index (χ0v) is 11.6. The molecule has 0 bridgehead atoms. The SMILES string of the molecule is Cc1ccc(NC(=O)c2ccc([N+](=O)[O-])s2)c(C(=O)O)c1. The summed E-state index contributed by atoms with van der Waals surface area (Å²) in [5.74, 6) is -1.74. The second kappa shape index (κ2) is 5.71. The van der Waals surface area contributed by atoms with Crippen LogP contribution in [0.3, 0.4) is 0 Å². The van der Waals surface area contributed by atoms with E-state index in [4.69, 9.17) is 5.11 Å². The van der Waals surface area contributed by atoms with Crippen molar-refractivity contribution in [2.24, 2.45) is 0 Å². The molecule has 0 fully saturated rings. The van der Waals surface area contributed by atoms with E-state index in [-0.39, 0.29) is 21.1 Å². The highest BCUT2D eigenvalue weighted by atomic mass is 32.1. The number of carboxylic acid groups (broad SMARTS) is 1. The van der Waals surface area contributed by atoms with Crippen molar-refractivity contribution in [3.8, 4) is 0 Å². The number of carbonyl (C=O) groups excluding carboxylic acids is 1. The zero-order valence-electron chi connectivity index (χ0n) is 10.8. The van der Waals surface area contributed by atoms with E-state index in [9.17, 15) is 19.7 Å². The number of amides is 1. The number of carbonyl (C=O) groups is 2. The van der Waals surface area contributed by atoms with Gasteiger partial charge in [-0.25, -0.2) is 4.79 Å². The third-order valence-corrected chi connectivity index (χ3v) is 3.68. The lowest BCUT2D eigenvalue weighted by atomic mass is 10.1. The summed E-state index contributed by atoms with van der Waals surface area (Å²) in [7, 11) is 0. The number of hydrogen-bond donors (Lipinski definition) is 2. The fourth-order valence-electron chi connectivity index (χ4n) is 1.68. The number of nitro groups is 1. The molecule has 0 spiro atoms. The molecule has 0 saturated heterocycles. The first kappa shape index (κ1) is 14.7. The highest BCUT2D eigenvalue weighted by molar-refractivity contribution is 7.17. The van der Waals surface area contributed by atoms with Crippen LogP contribution in [0, 0.1) is 17.0 Å². The molecule has 0 radical (unpaired) electrons. The van der Waals surface area contributed by atoms with E-state index in [1.165, 1.54) is 24.3 Å². The molecule has 1 amide bonds. The first-order valence-electron chi connectivity index (χ1n) is 5.78. The monoisotopic (exact) mass is 306 g/mol. The van der Waals surface area contributed by atoms with E-state index >= 15 is 0 Å². The zero-order chi connectivity index (χ0) is 15.6. The summed E-state index contributed by atoms with van der Waals surface area (Å²) >= 11 is 0.727. The van der Waals surface area contributed by atoms with E-state index in [2.05, 4.69) is 5.32 Å². The summed E-state index contributed by atoms with van der Waals surface area (Å²) in [5, 5.41) is 22.0. The minimum Gasteiger partial charge on any atom is -0.478 e. The van der Waals surface area contributed by atoms with Gasteiger partial charge in [-0.2, -0.15) is 0 Å². The summed E-state index contributed by atoms with van der Waals surface area (Å²) in [6, 6.07) is 7.14. The second-order valence-corrected chi connectivity index (χ2v) is 5.27. The summed E-state index contributed by atoms with van der Waals surface area (Å²) < 4.78 is 0. The van der Waals surface area contributed by atoms with Crippen molar-refractivity contribution in [2.75, 3.05) is 5.32 Å². The molecule has 7 nitrogen and oxygen atoms in total. The van der Waals surface area contributed by atoms with Crippen LogP contribution in [-0.4, -0.2) is 21.9 Å². The molecule has 2 rings (SSSR count). The second-order valence-electron chi connectivity index (χ2n) is 4.20. The normalized spacial score (nSPS) is 10.1. The van der Waals surface area contributed by atoms with E-state index in [1.807, 2.05) is 0 Å². The van der Waals surface area contributed by atoms with Crippen LogP contribution in [0.25, 0.3) is 0 Å². The molecule has 0 saturated carbocycles. The van der Waals surface area contributed by atoms with Crippen molar-refractivity contribution in [3.63, 3.8) is 0 Å². The van der Waals surface area contributed by atoms with Gasteiger partial charge in [-0.3, -0.25) is 14.9 Å². The number of thiophene rings is 1. The molecule has 0 aliphatic rings. The van der Waals surface area contributed by atoms with Gasteiger partial charge < -0.3 is 10.4 Å². The highest BCUT2D eigenvalue weighted by Crippen LogP contribution is 2.25. The first-order chi connectivity index (χ1) is 9.88. The Bertz CT molecular complexity index is 738. The summed E-state index contributed by atoms with van der Waals surface area (Å²) in [6.07, 6.45) is 0. The van der Waals surface area contributed by atoms with E-state index in [0.29, 0.717) is 0 Å². The van der Waals surface area contributed by atoms with Gasteiger partial charge in [-0.05, 0) is 25.1 Å². The van der Waals surface area contributed by atoms with Crippen LogP contribution in [-0.2, 0) is 0 Å². The summed E-state index contributed by atoms with van der Waals surface area (Å²) in [6.45, 7) is 1.74. The Morgan fingerprint density at radius 2 is 2.00 bits per heavy atom. The fourth-order valence-corrected chi connectivity index (χ4v) is 2.39. The molecule has 0 unspecified atom stereocenters. The molecule has 1 aromatic carbocycles. The number of rotatable bonds is 4. The number of nitrogens with one attached hydrogen (secondary N) is 1. The van der Waals surface area contributed by atoms with E-state index < -0.39 is 16.8 Å². The van der Waals surface area contributed by atoms with E-state index in [1.54, 1.807) is 13.0 Å². The van der Waals surface area contributed by atoms with Crippen LogP contribution in [0.4, 0.5) is 10.7 Å². The molecule has 108 valence electrons. The molecular weight excluding hydrogens is 296 g/mol. The maximum absolute atomic E-state index is 12.0. The predicted octanol–water partition coefficient (Wildman–Crippen LogP) is 2.92. The molecule has 0 aliphatic carbocycles. The standard InChI is InChI=1S/C13H10N2O5S/c1-7-2-3-9(8(6-7)13(17)18)14-12(16)10-4-5-11(21-10)15(19)20/h2-6H,1H3,(H,14,16)(H,17,18). The van der Waals surface area contributed by atoms with Crippen LogP contribution in [0.1, 0.15) is 25.6 Å². The molecule has 0 atom stereocenters. The van der Waals surface area contributed by atoms with Crippen LogP contribution in [0.2, 0.25) is 0 Å². The first-order valence-corrected chi connectivity index (χ1v) is 6.59. The largest absolute Gasteiger partial charge is 0.478 e. The lowest BCUT2D eigenvalue weighted by molar-refractivity contribution is -0.380. The summed E-state index contributed by atoms with van der Waals surface area (Å²) in [5.41, 5.74) is 0.862. The lowest BCUT2D eigenvalue weighted by Crippen LogP contribution is -2.13. The van der Waals surface area contributed by atoms with Gasteiger partial charge in [0.2, 0.25) is 0 Å². The molecule has 0 aliphatic heterocycles. The quantitative estimate of drug-likeness (QED) is 0.666. The van der Waals surface area contributed by atoms with Gasteiger partial charge in [0.15, 0.2) is 0 Å². The van der Waals surface area contributed by atoms with Crippen molar-refractivity contribution in [2.45, 2.75) is 6.92 Å². The molecule has 1 aromatic heterocycles. The number of anilines is 1. The number of aromatic carboxylic acids is 1. The van der Waals surface area contributed by atoms with Crippen LogP contribution >= 0.6 is 11.3 Å². The van der Waals surface area contributed by atoms with Gasteiger partial charge >= 0.3 is 11.0 Å². The minimum absolute atomic E-state index is 0.0330. The number of benzene rings is 1. The smallest absolute Gasteiger partial charge is 0.337 e. The van der Waals surface area contributed by atoms with Gasteiger partial charge in [-0.1, -0.05) is 23.0 Å². The van der Waals surface area contributed by atoms with Crippen LogP contribution in [0.5, 0.6) is 0 Å². The Labute approximate surface area is 123 Å². The van der Waals surface area contributed by atoms with Crippen molar-refractivity contribution < 1.29 is 19.6 Å². The Kier molecular flexibility index (Phi) is 3.99. The third-order valence-electron chi connectivity index (χ3n) is 2.65. The molecule has 2 aromatic rings. The van der Waals surface area contributed by atoms with Crippen molar-refractivity contribution in [1.29, 1.82) is 0 Å². The molecule has 8 heteroatoms. The third kappa shape index (κ3) is 3.23. The number of aryl methyl sites for hydroxylation is 1. The van der Waals surface area contributed by atoms with Crippen molar-refractivity contribution >= 4 is 33.9 Å². The average molecular weight is 306 g/mol. The topological polar surface area (TPSA) is 110 Å². The highest BCUT2D eigenvalue weighted by Gasteiger charge is 2.18. The predicted molar refractivity (Wildman–Crippen MR) is 77.1 cm³/mol. The maximum Gasteiger partial charge on any atom is 0.337 e. The van der Waals surface area contributed by atoms with Crippen LogP contribution < -0.4 is 5.32 Å². The van der Waals surface area contributed by atoms with Gasteiger partial charge in [0, 0.05) is 6.07 Å². The van der Waals surface area contributed by atoms with Crippen molar-refractivity contribution in [1.82, 2.24) is 0 Å². The van der Waals surface area contributed by atoms with Gasteiger partial charge in [0.05, 0.1) is 21.1 Å². The minimum atomic E-state index is -1.16. The Morgan fingerprint density at radius 3 is 2.57 bits per heavy atom.